The molecule has 0 saturated carbocycles. The van der Waals surface area contributed by atoms with E-state index in [9.17, 15) is 32.3 Å². The largest absolute Gasteiger partial charge is 0.452 e. The summed E-state index contributed by atoms with van der Waals surface area (Å²) in [6, 6.07) is 12.9. The van der Waals surface area contributed by atoms with Gasteiger partial charge < -0.3 is 15.4 Å². The Hall–Kier alpha value is -4.61. The third kappa shape index (κ3) is 6.29. The Morgan fingerprint density at radius 2 is 1.72 bits per heavy atom. The first kappa shape index (κ1) is 26.0. The van der Waals surface area contributed by atoms with E-state index in [2.05, 4.69) is 4.98 Å². The summed E-state index contributed by atoms with van der Waals surface area (Å²) >= 11 is 0. The molecule has 0 atom stereocenters. The van der Waals surface area contributed by atoms with Gasteiger partial charge in [-0.05, 0) is 29.3 Å². The average Bonchev–Trinajstić information content (AvgIpc) is 2.84. The van der Waals surface area contributed by atoms with E-state index < -0.39 is 41.5 Å². The molecule has 36 heavy (non-hydrogen) atoms. The van der Waals surface area contributed by atoms with Crippen LogP contribution >= 0.6 is 0 Å². The number of benzene rings is 2. The fourth-order valence-corrected chi connectivity index (χ4v) is 3.17. The van der Waals surface area contributed by atoms with Gasteiger partial charge in [-0.1, -0.05) is 42.5 Å². The Labute approximate surface area is 202 Å². The normalized spacial score (nSPS) is 11.4. The summed E-state index contributed by atoms with van der Waals surface area (Å²) in [4.78, 5) is 52.1. The van der Waals surface area contributed by atoms with Gasteiger partial charge in [0.2, 0.25) is 0 Å². The molecule has 1 heterocycles. The number of H-pyrrole nitrogens is 1. The second kappa shape index (κ2) is 10.8. The molecular formula is C24H21F3N4O5. The van der Waals surface area contributed by atoms with Gasteiger partial charge in [-0.25, -0.2) is 9.59 Å². The van der Waals surface area contributed by atoms with Gasteiger partial charge >= 0.3 is 17.8 Å². The van der Waals surface area contributed by atoms with Crippen LogP contribution in [0.3, 0.4) is 0 Å². The maximum atomic E-state index is 12.6. The van der Waals surface area contributed by atoms with E-state index in [-0.39, 0.29) is 18.1 Å². The van der Waals surface area contributed by atoms with E-state index in [4.69, 9.17) is 10.5 Å². The zero-order chi connectivity index (χ0) is 26.5. The van der Waals surface area contributed by atoms with Crippen molar-refractivity contribution >= 4 is 29.5 Å². The Balaban J connectivity index is 1.67. The average molecular weight is 502 g/mol. The van der Waals surface area contributed by atoms with Crippen molar-refractivity contribution in [2.75, 3.05) is 24.3 Å². The summed E-state index contributed by atoms with van der Waals surface area (Å²) in [5.74, 6) is -2.00. The van der Waals surface area contributed by atoms with Gasteiger partial charge in [0.1, 0.15) is 5.82 Å². The van der Waals surface area contributed by atoms with Crippen LogP contribution in [0.5, 0.6) is 0 Å². The SMILES string of the molecule is CN(C(=O)COC(=O)C=Cc1ccc(C(F)(F)F)cc1)c1c(N)n(Cc2ccccc2)c(=O)[nH]c1=O. The Bertz CT molecular complexity index is 1390. The van der Waals surface area contributed by atoms with Crippen LogP contribution in [0.25, 0.3) is 6.08 Å². The molecule has 0 saturated heterocycles. The molecule has 9 nitrogen and oxygen atoms in total. The van der Waals surface area contributed by atoms with Crippen molar-refractivity contribution in [2.45, 2.75) is 12.7 Å². The number of nitrogens with zero attached hydrogens (tertiary/aromatic N) is 2. The number of nitrogens with one attached hydrogen (secondary N) is 1. The number of likely N-dealkylation sites (N-methyl/N-ethyl adjacent to an activating group) is 1. The van der Waals surface area contributed by atoms with E-state index in [1.807, 2.05) is 0 Å². The third-order valence-corrected chi connectivity index (χ3v) is 5.09. The minimum atomic E-state index is -4.48. The summed E-state index contributed by atoms with van der Waals surface area (Å²) in [6.07, 6.45) is -2.32. The summed E-state index contributed by atoms with van der Waals surface area (Å²) in [5.41, 5.74) is 4.29. The van der Waals surface area contributed by atoms with Crippen LogP contribution in [0.2, 0.25) is 0 Å². The van der Waals surface area contributed by atoms with Crippen LogP contribution < -0.4 is 21.9 Å². The first-order chi connectivity index (χ1) is 17.0. The van der Waals surface area contributed by atoms with E-state index in [0.29, 0.717) is 5.56 Å². The first-order valence-electron chi connectivity index (χ1n) is 10.4. The molecule has 2 aromatic carbocycles. The maximum Gasteiger partial charge on any atom is 0.416 e. The standard InChI is InChI=1S/C24H21F3N4O5/c1-30(20-21(28)31(23(35)29-22(20)34)13-16-5-3-2-4-6-16)18(32)14-36-19(33)12-9-15-7-10-17(11-8-15)24(25,26)27/h2-12H,13-14,28H2,1H3,(H,29,34,35). The molecule has 0 unspecified atom stereocenters. The summed E-state index contributed by atoms with van der Waals surface area (Å²) in [7, 11) is 1.23. The molecule has 0 fully saturated rings. The monoisotopic (exact) mass is 502 g/mol. The number of ether oxygens (including phenoxy) is 1. The molecule has 3 N–H and O–H groups in total. The summed E-state index contributed by atoms with van der Waals surface area (Å²) < 4.78 is 43.8. The minimum Gasteiger partial charge on any atom is -0.452 e. The van der Waals surface area contributed by atoms with Crippen molar-refractivity contribution in [3.63, 3.8) is 0 Å². The van der Waals surface area contributed by atoms with Gasteiger partial charge in [-0.3, -0.25) is 19.1 Å². The number of aromatic amines is 1. The number of halogens is 3. The quantitative estimate of drug-likeness (QED) is 0.377. The number of hydrogen-bond acceptors (Lipinski definition) is 6. The number of aromatic nitrogens is 2. The zero-order valence-electron chi connectivity index (χ0n) is 18.9. The molecule has 1 aromatic heterocycles. The number of nitrogens with two attached hydrogens (primary N) is 1. The number of alkyl halides is 3. The molecule has 0 spiro atoms. The molecule has 0 aliphatic carbocycles. The second-order valence-corrected chi connectivity index (χ2v) is 7.58. The van der Waals surface area contributed by atoms with E-state index >= 15 is 0 Å². The van der Waals surface area contributed by atoms with Crippen LogP contribution in [0.4, 0.5) is 24.7 Å². The van der Waals surface area contributed by atoms with Gasteiger partial charge in [0, 0.05) is 13.1 Å². The molecule has 3 aromatic rings. The minimum absolute atomic E-state index is 0.0427. The van der Waals surface area contributed by atoms with Gasteiger partial charge in [-0.2, -0.15) is 13.2 Å². The van der Waals surface area contributed by atoms with Gasteiger partial charge in [0.05, 0.1) is 12.1 Å². The lowest BCUT2D eigenvalue weighted by molar-refractivity contribution is -0.142. The number of rotatable bonds is 7. The Morgan fingerprint density at radius 3 is 2.33 bits per heavy atom. The highest BCUT2D eigenvalue weighted by Crippen LogP contribution is 2.29. The smallest absolute Gasteiger partial charge is 0.416 e. The van der Waals surface area contributed by atoms with Crippen LogP contribution in [0.15, 0.2) is 70.3 Å². The third-order valence-electron chi connectivity index (χ3n) is 5.09. The highest BCUT2D eigenvalue weighted by atomic mass is 19.4. The molecule has 0 radical (unpaired) electrons. The molecular weight excluding hydrogens is 481 g/mol. The number of amides is 1. The van der Waals surface area contributed by atoms with Crippen molar-refractivity contribution in [3.8, 4) is 0 Å². The maximum absolute atomic E-state index is 12.6. The predicted molar refractivity (Wildman–Crippen MR) is 126 cm³/mol. The number of esters is 1. The molecule has 1 amide bonds. The number of hydrogen-bond donors (Lipinski definition) is 2. The molecule has 188 valence electrons. The topological polar surface area (TPSA) is 127 Å². The van der Waals surface area contributed by atoms with Gasteiger partial charge in [-0.15, -0.1) is 0 Å². The zero-order valence-corrected chi connectivity index (χ0v) is 18.9. The fourth-order valence-electron chi connectivity index (χ4n) is 3.17. The molecule has 0 bridgehead atoms. The number of carbonyl (C=O) groups is 2. The van der Waals surface area contributed by atoms with E-state index in [1.165, 1.54) is 25.3 Å². The second-order valence-electron chi connectivity index (χ2n) is 7.58. The fraction of sp³-hybridized carbons (Fsp3) is 0.167. The molecule has 0 aliphatic rings. The van der Waals surface area contributed by atoms with Crippen molar-refractivity contribution in [3.05, 3.63) is 98.2 Å². The Morgan fingerprint density at radius 1 is 1.08 bits per heavy atom. The lowest BCUT2D eigenvalue weighted by atomic mass is 10.1. The Kier molecular flexibility index (Phi) is 7.77. The first-order valence-corrected chi connectivity index (χ1v) is 10.4. The highest BCUT2D eigenvalue weighted by Gasteiger charge is 2.29. The van der Waals surface area contributed by atoms with Crippen molar-refractivity contribution in [1.29, 1.82) is 0 Å². The van der Waals surface area contributed by atoms with E-state index in [0.717, 1.165) is 33.2 Å². The number of anilines is 2. The predicted octanol–water partition coefficient (Wildman–Crippen LogP) is 2.41. The lowest BCUT2D eigenvalue weighted by Crippen LogP contribution is -2.40. The molecule has 12 heteroatoms. The van der Waals surface area contributed by atoms with Crippen molar-refractivity contribution < 1.29 is 27.5 Å². The number of carbonyl (C=O) groups excluding carboxylic acids is 2. The highest BCUT2D eigenvalue weighted by molar-refractivity contribution is 5.97. The van der Waals surface area contributed by atoms with E-state index in [1.54, 1.807) is 30.3 Å². The molecule has 0 aliphatic heterocycles. The lowest BCUT2D eigenvalue weighted by Gasteiger charge is -2.20. The van der Waals surface area contributed by atoms with Crippen molar-refractivity contribution in [1.82, 2.24) is 9.55 Å². The van der Waals surface area contributed by atoms with Crippen LogP contribution in [-0.2, 0) is 27.0 Å². The number of nitrogen functional groups attached to an aromatic ring is 1. The summed E-state index contributed by atoms with van der Waals surface area (Å²) in [5, 5.41) is 0. The van der Waals surface area contributed by atoms with Gasteiger partial charge in [0.15, 0.2) is 12.3 Å². The molecule has 3 rings (SSSR count). The van der Waals surface area contributed by atoms with Crippen LogP contribution in [0.1, 0.15) is 16.7 Å². The summed E-state index contributed by atoms with van der Waals surface area (Å²) in [6.45, 7) is -0.718. The van der Waals surface area contributed by atoms with Gasteiger partial charge in [0.25, 0.3) is 11.5 Å². The van der Waals surface area contributed by atoms with Crippen LogP contribution in [0, 0.1) is 0 Å². The van der Waals surface area contributed by atoms with Crippen molar-refractivity contribution in [2.24, 2.45) is 0 Å². The van der Waals surface area contributed by atoms with Crippen LogP contribution in [-0.4, -0.2) is 35.1 Å².